The molecule has 0 saturated heterocycles. The average Bonchev–Trinajstić information content (AvgIpc) is 2.28. The van der Waals surface area contributed by atoms with Gasteiger partial charge in [0.1, 0.15) is 5.56 Å². The third-order valence-corrected chi connectivity index (χ3v) is 2.58. The average molecular weight is 236 g/mol. The lowest BCUT2D eigenvalue weighted by molar-refractivity contribution is 0.0697. The van der Waals surface area contributed by atoms with Crippen LogP contribution in [0.4, 0.5) is 5.69 Å². The molecule has 0 bridgehead atoms. The van der Waals surface area contributed by atoms with Crippen LogP contribution in [-0.2, 0) is 0 Å². The molecule has 17 heavy (non-hydrogen) atoms. The lowest BCUT2D eigenvalue weighted by Crippen LogP contribution is -2.08. The Morgan fingerprint density at radius 1 is 1.47 bits per heavy atom. The molecule has 1 rings (SSSR count). The van der Waals surface area contributed by atoms with E-state index in [0.29, 0.717) is 5.69 Å². The predicted molar refractivity (Wildman–Crippen MR) is 68.4 cm³/mol. The van der Waals surface area contributed by atoms with E-state index in [0.717, 1.165) is 25.3 Å². The van der Waals surface area contributed by atoms with Crippen LogP contribution in [0.3, 0.4) is 0 Å². The zero-order valence-electron chi connectivity index (χ0n) is 10.4. The summed E-state index contributed by atoms with van der Waals surface area (Å²) in [4.78, 5) is 14.7. The second-order valence-electron chi connectivity index (χ2n) is 4.54. The second-order valence-corrected chi connectivity index (χ2v) is 4.54. The molecular weight excluding hydrogens is 216 g/mol. The minimum atomic E-state index is -0.942. The second kappa shape index (κ2) is 6.89. The highest BCUT2D eigenvalue weighted by Gasteiger charge is 2.08. The number of nitrogens with one attached hydrogen (secondary N) is 1. The minimum absolute atomic E-state index is 0.233. The van der Waals surface area contributed by atoms with Gasteiger partial charge in [0.2, 0.25) is 0 Å². The molecule has 4 heteroatoms. The molecule has 94 valence electrons. The SMILES string of the molecule is CC(C)CCCCNc1ccncc1C(=O)O. The summed E-state index contributed by atoms with van der Waals surface area (Å²) < 4.78 is 0. The van der Waals surface area contributed by atoms with Crippen LogP contribution in [0, 0.1) is 5.92 Å². The van der Waals surface area contributed by atoms with E-state index < -0.39 is 5.97 Å². The number of hydrogen-bond acceptors (Lipinski definition) is 3. The van der Waals surface area contributed by atoms with E-state index in [9.17, 15) is 4.79 Å². The number of rotatable bonds is 7. The highest BCUT2D eigenvalue weighted by molar-refractivity contribution is 5.93. The minimum Gasteiger partial charge on any atom is -0.478 e. The molecular formula is C13H20N2O2. The maximum absolute atomic E-state index is 10.9. The molecule has 0 amide bonds. The smallest absolute Gasteiger partial charge is 0.339 e. The molecule has 0 aliphatic carbocycles. The maximum atomic E-state index is 10.9. The zero-order valence-corrected chi connectivity index (χ0v) is 10.4. The van der Waals surface area contributed by atoms with Gasteiger partial charge < -0.3 is 10.4 Å². The Bertz CT molecular complexity index is 364. The number of aromatic carboxylic acids is 1. The van der Waals surface area contributed by atoms with Crippen LogP contribution in [0.25, 0.3) is 0 Å². The van der Waals surface area contributed by atoms with E-state index in [4.69, 9.17) is 5.11 Å². The van der Waals surface area contributed by atoms with Gasteiger partial charge in [-0.1, -0.05) is 26.7 Å². The van der Waals surface area contributed by atoms with Gasteiger partial charge >= 0.3 is 5.97 Å². The normalized spacial score (nSPS) is 10.5. The van der Waals surface area contributed by atoms with Crippen molar-refractivity contribution in [3.05, 3.63) is 24.0 Å². The van der Waals surface area contributed by atoms with Gasteiger partial charge in [-0.15, -0.1) is 0 Å². The van der Waals surface area contributed by atoms with Crippen LogP contribution in [0.15, 0.2) is 18.5 Å². The van der Waals surface area contributed by atoms with Crippen molar-refractivity contribution < 1.29 is 9.90 Å². The Morgan fingerprint density at radius 3 is 2.88 bits per heavy atom. The first kappa shape index (κ1) is 13.5. The first-order valence-corrected chi connectivity index (χ1v) is 6.02. The number of anilines is 1. The fourth-order valence-electron chi connectivity index (χ4n) is 1.62. The van der Waals surface area contributed by atoms with E-state index in [1.165, 1.54) is 12.6 Å². The summed E-state index contributed by atoms with van der Waals surface area (Å²) in [5, 5.41) is 12.1. The van der Waals surface area contributed by atoms with Gasteiger partial charge in [-0.3, -0.25) is 4.98 Å². The van der Waals surface area contributed by atoms with Crippen LogP contribution < -0.4 is 5.32 Å². The Kier molecular flexibility index (Phi) is 5.46. The van der Waals surface area contributed by atoms with Gasteiger partial charge in [0.25, 0.3) is 0 Å². The zero-order chi connectivity index (χ0) is 12.7. The number of carboxylic acids is 1. The Hall–Kier alpha value is -1.58. The van der Waals surface area contributed by atoms with Crippen molar-refractivity contribution in [1.29, 1.82) is 0 Å². The fraction of sp³-hybridized carbons (Fsp3) is 0.538. The van der Waals surface area contributed by atoms with Crippen LogP contribution >= 0.6 is 0 Å². The standard InChI is InChI=1S/C13H20N2O2/c1-10(2)5-3-4-7-15-12-6-8-14-9-11(12)13(16)17/h6,8-10H,3-5,7H2,1-2H3,(H,14,15)(H,16,17). The first-order chi connectivity index (χ1) is 8.11. The van der Waals surface area contributed by atoms with Crippen molar-refractivity contribution >= 4 is 11.7 Å². The number of unbranched alkanes of at least 4 members (excludes halogenated alkanes) is 1. The van der Waals surface area contributed by atoms with Crippen molar-refractivity contribution in [2.75, 3.05) is 11.9 Å². The molecule has 0 aliphatic heterocycles. The number of aromatic nitrogens is 1. The number of nitrogens with zero attached hydrogens (tertiary/aromatic N) is 1. The maximum Gasteiger partial charge on any atom is 0.339 e. The van der Waals surface area contributed by atoms with E-state index >= 15 is 0 Å². The number of carboxylic acid groups (broad SMARTS) is 1. The molecule has 0 unspecified atom stereocenters. The van der Waals surface area contributed by atoms with Crippen LogP contribution in [-0.4, -0.2) is 22.6 Å². The summed E-state index contributed by atoms with van der Waals surface area (Å²) in [7, 11) is 0. The summed E-state index contributed by atoms with van der Waals surface area (Å²) in [6.45, 7) is 5.22. The Labute approximate surface area is 102 Å². The topological polar surface area (TPSA) is 62.2 Å². The molecule has 1 aromatic rings. The number of hydrogen-bond donors (Lipinski definition) is 2. The predicted octanol–water partition coefficient (Wildman–Crippen LogP) is 3.02. The van der Waals surface area contributed by atoms with E-state index in [2.05, 4.69) is 24.1 Å². The number of pyridine rings is 1. The molecule has 1 heterocycles. The van der Waals surface area contributed by atoms with Gasteiger partial charge in [-0.25, -0.2) is 4.79 Å². The summed E-state index contributed by atoms with van der Waals surface area (Å²) in [6.07, 6.45) is 6.41. The van der Waals surface area contributed by atoms with Crippen molar-refractivity contribution in [3.63, 3.8) is 0 Å². The molecule has 0 fully saturated rings. The molecule has 0 aliphatic rings. The molecule has 1 aromatic heterocycles. The third-order valence-electron chi connectivity index (χ3n) is 2.58. The molecule has 0 aromatic carbocycles. The molecule has 0 atom stereocenters. The van der Waals surface area contributed by atoms with Gasteiger partial charge in [-0.2, -0.15) is 0 Å². The highest BCUT2D eigenvalue weighted by Crippen LogP contribution is 2.14. The highest BCUT2D eigenvalue weighted by atomic mass is 16.4. The molecule has 0 radical (unpaired) electrons. The van der Waals surface area contributed by atoms with E-state index in [1.807, 2.05) is 0 Å². The van der Waals surface area contributed by atoms with Gasteiger partial charge in [0, 0.05) is 18.9 Å². The fourth-order valence-corrected chi connectivity index (χ4v) is 1.62. The third kappa shape index (κ3) is 4.85. The van der Waals surface area contributed by atoms with Crippen LogP contribution in [0.2, 0.25) is 0 Å². The summed E-state index contributed by atoms with van der Waals surface area (Å²) in [6, 6.07) is 1.70. The van der Waals surface area contributed by atoms with Crippen molar-refractivity contribution in [1.82, 2.24) is 4.98 Å². The van der Waals surface area contributed by atoms with Crippen molar-refractivity contribution in [3.8, 4) is 0 Å². The summed E-state index contributed by atoms with van der Waals surface area (Å²) in [5.41, 5.74) is 0.883. The molecule has 4 nitrogen and oxygen atoms in total. The summed E-state index contributed by atoms with van der Waals surface area (Å²) in [5.74, 6) is -0.215. The Morgan fingerprint density at radius 2 is 2.24 bits per heavy atom. The summed E-state index contributed by atoms with van der Waals surface area (Å²) >= 11 is 0. The van der Waals surface area contributed by atoms with Crippen LogP contribution in [0.1, 0.15) is 43.5 Å². The van der Waals surface area contributed by atoms with Crippen molar-refractivity contribution in [2.24, 2.45) is 5.92 Å². The molecule has 0 saturated carbocycles. The van der Waals surface area contributed by atoms with E-state index in [1.54, 1.807) is 12.3 Å². The largest absolute Gasteiger partial charge is 0.478 e. The van der Waals surface area contributed by atoms with E-state index in [-0.39, 0.29) is 5.56 Å². The molecule has 2 N–H and O–H groups in total. The van der Waals surface area contributed by atoms with Gasteiger partial charge in [-0.05, 0) is 18.4 Å². The van der Waals surface area contributed by atoms with Gasteiger partial charge in [0.05, 0.1) is 5.69 Å². The lowest BCUT2D eigenvalue weighted by atomic mass is 10.1. The van der Waals surface area contributed by atoms with Crippen LogP contribution in [0.5, 0.6) is 0 Å². The monoisotopic (exact) mass is 236 g/mol. The first-order valence-electron chi connectivity index (χ1n) is 6.02. The van der Waals surface area contributed by atoms with Gasteiger partial charge in [0.15, 0.2) is 0 Å². The number of carbonyl (C=O) groups is 1. The molecule has 0 spiro atoms. The Balaban J connectivity index is 2.39. The van der Waals surface area contributed by atoms with Crippen molar-refractivity contribution in [2.45, 2.75) is 33.1 Å². The quantitative estimate of drug-likeness (QED) is 0.714. The lowest BCUT2D eigenvalue weighted by Gasteiger charge is -2.09.